The van der Waals surface area contributed by atoms with Crippen molar-refractivity contribution < 1.29 is 4.92 Å². The lowest BCUT2D eigenvalue weighted by atomic mass is 10.1. The number of nitrogens with one attached hydrogen (secondary N) is 1. The van der Waals surface area contributed by atoms with E-state index in [0.29, 0.717) is 11.6 Å². The third-order valence-corrected chi connectivity index (χ3v) is 3.39. The summed E-state index contributed by atoms with van der Waals surface area (Å²) in [5.41, 5.74) is 1.77. The third kappa shape index (κ3) is 4.89. The minimum atomic E-state index is -0.327. The maximum Gasteiger partial charge on any atom is 0.274 e. The minimum absolute atomic E-state index is 0.184. The summed E-state index contributed by atoms with van der Waals surface area (Å²) in [6.45, 7) is 6.13. The second-order valence-electron chi connectivity index (χ2n) is 5.10. The van der Waals surface area contributed by atoms with E-state index in [1.165, 1.54) is 25.7 Å². The van der Waals surface area contributed by atoms with Gasteiger partial charge in [-0.05, 0) is 26.3 Å². The Bertz CT molecular complexity index is 419. The molecule has 4 heteroatoms. The quantitative estimate of drug-likeness (QED) is 0.421. The maximum absolute atomic E-state index is 10.9. The fraction of sp³-hybridized carbons (Fsp3) is 0.600. The van der Waals surface area contributed by atoms with Gasteiger partial charge in [0.15, 0.2) is 0 Å². The molecule has 0 aliphatic carbocycles. The summed E-state index contributed by atoms with van der Waals surface area (Å²) in [6, 6.07) is 5.53. The molecule has 4 nitrogen and oxygen atoms in total. The highest BCUT2D eigenvalue weighted by molar-refractivity contribution is 5.60. The van der Waals surface area contributed by atoms with Crippen LogP contribution in [0, 0.1) is 17.0 Å². The SMILES string of the molecule is CCCCCCC(C)Nc1cccc([N+](=O)[O-])c1C. The minimum Gasteiger partial charge on any atom is -0.382 e. The number of anilines is 1. The average molecular weight is 264 g/mol. The largest absolute Gasteiger partial charge is 0.382 e. The average Bonchev–Trinajstić information content (AvgIpc) is 2.37. The molecule has 0 heterocycles. The second kappa shape index (κ2) is 7.77. The van der Waals surface area contributed by atoms with Crippen LogP contribution in [0.5, 0.6) is 0 Å². The molecule has 1 aromatic rings. The Balaban J connectivity index is 2.57. The van der Waals surface area contributed by atoms with Crippen LogP contribution in [0.2, 0.25) is 0 Å². The van der Waals surface area contributed by atoms with Gasteiger partial charge in [0.2, 0.25) is 0 Å². The van der Waals surface area contributed by atoms with E-state index >= 15 is 0 Å². The van der Waals surface area contributed by atoms with Crippen molar-refractivity contribution >= 4 is 11.4 Å². The van der Waals surface area contributed by atoms with Gasteiger partial charge in [0.1, 0.15) is 0 Å². The molecule has 0 aromatic heterocycles. The summed E-state index contributed by atoms with van der Waals surface area (Å²) in [5, 5.41) is 14.3. The number of nitrogens with zero attached hydrogens (tertiary/aromatic N) is 1. The van der Waals surface area contributed by atoms with E-state index in [4.69, 9.17) is 0 Å². The van der Waals surface area contributed by atoms with Gasteiger partial charge in [-0.3, -0.25) is 10.1 Å². The number of rotatable bonds is 8. The molecular weight excluding hydrogens is 240 g/mol. The van der Waals surface area contributed by atoms with E-state index in [2.05, 4.69) is 19.2 Å². The summed E-state index contributed by atoms with van der Waals surface area (Å²) in [4.78, 5) is 10.6. The molecular formula is C15H24N2O2. The summed E-state index contributed by atoms with van der Waals surface area (Å²) in [7, 11) is 0. The molecule has 0 saturated carbocycles. The molecule has 0 aliphatic heterocycles. The van der Waals surface area contributed by atoms with Gasteiger partial charge < -0.3 is 5.32 Å². The molecule has 0 aliphatic rings. The number of benzene rings is 1. The van der Waals surface area contributed by atoms with E-state index < -0.39 is 0 Å². The highest BCUT2D eigenvalue weighted by Crippen LogP contribution is 2.26. The molecule has 0 bridgehead atoms. The van der Waals surface area contributed by atoms with Crippen LogP contribution in [0.1, 0.15) is 51.5 Å². The molecule has 0 amide bonds. The van der Waals surface area contributed by atoms with Crippen LogP contribution in [-0.4, -0.2) is 11.0 Å². The fourth-order valence-electron chi connectivity index (χ4n) is 2.19. The number of nitro groups is 1. The van der Waals surface area contributed by atoms with E-state index in [0.717, 1.165) is 12.1 Å². The lowest BCUT2D eigenvalue weighted by molar-refractivity contribution is -0.385. The molecule has 1 rings (SSSR count). The number of hydrogen-bond donors (Lipinski definition) is 1. The lowest BCUT2D eigenvalue weighted by Gasteiger charge is -2.16. The second-order valence-corrected chi connectivity index (χ2v) is 5.10. The first kappa shape index (κ1) is 15.5. The first-order chi connectivity index (χ1) is 9.06. The van der Waals surface area contributed by atoms with Gasteiger partial charge in [-0.2, -0.15) is 0 Å². The van der Waals surface area contributed by atoms with Crippen LogP contribution >= 0.6 is 0 Å². The topological polar surface area (TPSA) is 55.2 Å². The van der Waals surface area contributed by atoms with Crippen LogP contribution in [0.15, 0.2) is 18.2 Å². The van der Waals surface area contributed by atoms with Crippen molar-refractivity contribution in [1.29, 1.82) is 0 Å². The first-order valence-electron chi connectivity index (χ1n) is 7.06. The van der Waals surface area contributed by atoms with Crippen LogP contribution in [0.4, 0.5) is 11.4 Å². The summed E-state index contributed by atoms with van der Waals surface area (Å²) in [6.07, 6.45) is 6.09. The van der Waals surface area contributed by atoms with E-state index in [9.17, 15) is 10.1 Å². The molecule has 106 valence electrons. The van der Waals surface area contributed by atoms with Crippen molar-refractivity contribution in [3.8, 4) is 0 Å². The summed E-state index contributed by atoms with van der Waals surface area (Å²) < 4.78 is 0. The van der Waals surface area contributed by atoms with Crippen molar-refractivity contribution in [1.82, 2.24) is 0 Å². The Morgan fingerprint density at radius 2 is 2.05 bits per heavy atom. The molecule has 1 atom stereocenters. The third-order valence-electron chi connectivity index (χ3n) is 3.39. The molecule has 0 saturated heterocycles. The molecule has 0 fully saturated rings. The maximum atomic E-state index is 10.9. The standard InChI is InChI=1S/C15H24N2O2/c1-4-5-6-7-9-12(2)16-14-10-8-11-15(13(14)3)17(18)19/h8,10-12,16H,4-7,9H2,1-3H3. The van der Waals surface area contributed by atoms with Crippen molar-refractivity contribution in [3.63, 3.8) is 0 Å². The fourth-order valence-corrected chi connectivity index (χ4v) is 2.19. The Labute approximate surface area is 115 Å². The zero-order valence-electron chi connectivity index (χ0n) is 12.1. The van der Waals surface area contributed by atoms with E-state index in [-0.39, 0.29) is 10.6 Å². The van der Waals surface area contributed by atoms with Gasteiger partial charge in [0.25, 0.3) is 5.69 Å². The number of hydrogen-bond acceptors (Lipinski definition) is 3. The van der Waals surface area contributed by atoms with Gasteiger partial charge >= 0.3 is 0 Å². The molecule has 1 aromatic carbocycles. The monoisotopic (exact) mass is 264 g/mol. The van der Waals surface area contributed by atoms with Crippen molar-refractivity contribution in [2.24, 2.45) is 0 Å². The zero-order valence-corrected chi connectivity index (χ0v) is 12.1. The van der Waals surface area contributed by atoms with Crippen LogP contribution in [-0.2, 0) is 0 Å². The number of unbranched alkanes of at least 4 members (excludes halogenated alkanes) is 3. The predicted octanol–water partition coefficient (Wildman–Crippen LogP) is 4.67. The molecule has 1 N–H and O–H groups in total. The highest BCUT2D eigenvalue weighted by Gasteiger charge is 2.14. The van der Waals surface area contributed by atoms with Crippen molar-refractivity contribution in [2.75, 3.05) is 5.32 Å². The normalized spacial score (nSPS) is 12.2. The highest BCUT2D eigenvalue weighted by atomic mass is 16.6. The van der Waals surface area contributed by atoms with Gasteiger partial charge in [-0.25, -0.2) is 0 Å². The van der Waals surface area contributed by atoms with Crippen LogP contribution < -0.4 is 5.32 Å². The molecule has 0 radical (unpaired) electrons. The summed E-state index contributed by atoms with van der Waals surface area (Å²) in [5.74, 6) is 0. The smallest absolute Gasteiger partial charge is 0.274 e. The number of nitro benzene ring substituents is 1. The lowest BCUT2D eigenvalue weighted by Crippen LogP contribution is -2.16. The Kier molecular flexibility index (Phi) is 6.33. The van der Waals surface area contributed by atoms with Gasteiger partial charge in [0, 0.05) is 23.4 Å². The van der Waals surface area contributed by atoms with Crippen LogP contribution in [0.25, 0.3) is 0 Å². The van der Waals surface area contributed by atoms with Crippen LogP contribution in [0.3, 0.4) is 0 Å². The van der Waals surface area contributed by atoms with Crippen molar-refractivity contribution in [2.45, 2.75) is 58.9 Å². The Morgan fingerprint density at radius 3 is 2.68 bits per heavy atom. The molecule has 1 unspecified atom stereocenters. The summed E-state index contributed by atoms with van der Waals surface area (Å²) >= 11 is 0. The molecule has 0 spiro atoms. The predicted molar refractivity (Wildman–Crippen MR) is 79.7 cm³/mol. The van der Waals surface area contributed by atoms with E-state index in [1.807, 2.05) is 6.07 Å². The zero-order chi connectivity index (χ0) is 14.3. The van der Waals surface area contributed by atoms with E-state index in [1.54, 1.807) is 19.1 Å². The Hall–Kier alpha value is -1.58. The van der Waals surface area contributed by atoms with Gasteiger partial charge in [0.05, 0.1) is 4.92 Å². The molecule has 19 heavy (non-hydrogen) atoms. The van der Waals surface area contributed by atoms with Crippen molar-refractivity contribution in [3.05, 3.63) is 33.9 Å². The first-order valence-corrected chi connectivity index (χ1v) is 7.06. The Morgan fingerprint density at radius 1 is 1.32 bits per heavy atom. The van der Waals surface area contributed by atoms with Gasteiger partial charge in [-0.1, -0.05) is 38.7 Å². The van der Waals surface area contributed by atoms with Gasteiger partial charge in [-0.15, -0.1) is 0 Å².